The van der Waals surface area contributed by atoms with Crippen LogP contribution in [-0.2, 0) is 6.42 Å². The molecule has 2 N–H and O–H groups in total. The summed E-state index contributed by atoms with van der Waals surface area (Å²) >= 11 is 0. The van der Waals surface area contributed by atoms with E-state index in [1.165, 1.54) is 12.4 Å². The molecule has 1 aromatic carbocycles. The number of fused-ring (bicyclic) bond motifs is 1. The van der Waals surface area contributed by atoms with Gasteiger partial charge in [0.1, 0.15) is 0 Å². The van der Waals surface area contributed by atoms with E-state index in [9.17, 15) is 14.9 Å². The molecule has 0 aliphatic heterocycles. The largest absolute Gasteiger partial charge is 0.314 e. The van der Waals surface area contributed by atoms with Gasteiger partial charge in [-0.2, -0.15) is 0 Å². The summed E-state index contributed by atoms with van der Waals surface area (Å²) in [6, 6.07) is 3.05. The molecule has 7 nitrogen and oxygen atoms in total. The average Bonchev–Trinajstić information content (AvgIpc) is 2.44. The SMILES string of the molecule is CCCNC(C)Cc1cc2nc[nH]c(=O)c2cc1[N+](=O)[O-]. The molecule has 0 amide bonds. The number of nitrogens with zero attached hydrogens (tertiary/aromatic N) is 2. The molecule has 0 aliphatic carbocycles. The van der Waals surface area contributed by atoms with Gasteiger partial charge in [0.2, 0.25) is 0 Å². The van der Waals surface area contributed by atoms with Crippen LogP contribution in [0, 0.1) is 10.1 Å². The van der Waals surface area contributed by atoms with Crippen LogP contribution in [0.1, 0.15) is 25.8 Å². The van der Waals surface area contributed by atoms with Crippen LogP contribution in [0.15, 0.2) is 23.3 Å². The molecule has 0 saturated heterocycles. The summed E-state index contributed by atoms with van der Waals surface area (Å²) in [5, 5.41) is 14.8. The first-order valence-corrected chi connectivity index (χ1v) is 6.91. The third kappa shape index (κ3) is 3.43. The van der Waals surface area contributed by atoms with Gasteiger partial charge in [-0.3, -0.25) is 14.9 Å². The van der Waals surface area contributed by atoms with E-state index >= 15 is 0 Å². The van der Waals surface area contributed by atoms with Gasteiger partial charge in [-0.15, -0.1) is 0 Å². The molecule has 0 saturated carbocycles. The van der Waals surface area contributed by atoms with E-state index in [4.69, 9.17) is 0 Å². The summed E-state index contributed by atoms with van der Waals surface area (Å²) < 4.78 is 0. The van der Waals surface area contributed by atoms with E-state index in [1.807, 2.05) is 6.92 Å². The van der Waals surface area contributed by atoms with Crippen molar-refractivity contribution >= 4 is 16.6 Å². The van der Waals surface area contributed by atoms with E-state index in [2.05, 4.69) is 22.2 Å². The van der Waals surface area contributed by atoms with Crippen molar-refractivity contribution in [3.8, 4) is 0 Å². The lowest BCUT2D eigenvalue weighted by molar-refractivity contribution is -0.385. The third-order valence-corrected chi connectivity index (χ3v) is 3.31. The van der Waals surface area contributed by atoms with Gasteiger partial charge in [-0.05, 0) is 32.4 Å². The summed E-state index contributed by atoms with van der Waals surface area (Å²) in [5.74, 6) is 0. The Hall–Kier alpha value is -2.28. The van der Waals surface area contributed by atoms with E-state index < -0.39 is 4.92 Å². The predicted molar refractivity (Wildman–Crippen MR) is 80.5 cm³/mol. The highest BCUT2D eigenvalue weighted by Gasteiger charge is 2.18. The quantitative estimate of drug-likeness (QED) is 0.623. The van der Waals surface area contributed by atoms with Gasteiger partial charge in [0.25, 0.3) is 11.2 Å². The van der Waals surface area contributed by atoms with E-state index in [0.717, 1.165) is 13.0 Å². The van der Waals surface area contributed by atoms with Crippen LogP contribution in [0.25, 0.3) is 10.9 Å². The number of hydrogen-bond acceptors (Lipinski definition) is 5. The first-order valence-electron chi connectivity index (χ1n) is 6.91. The topological polar surface area (TPSA) is 101 Å². The number of benzene rings is 1. The van der Waals surface area contributed by atoms with Crippen molar-refractivity contribution in [2.75, 3.05) is 6.54 Å². The monoisotopic (exact) mass is 290 g/mol. The molecular formula is C14H18N4O3. The molecule has 1 unspecified atom stereocenters. The van der Waals surface area contributed by atoms with Crippen LogP contribution in [0.4, 0.5) is 5.69 Å². The summed E-state index contributed by atoms with van der Waals surface area (Å²) in [4.78, 5) is 29.0. The molecular weight excluding hydrogens is 272 g/mol. The highest BCUT2D eigenvalue weighted by Crippen LogP contribution is 2.24. The summed E-state index contributed by atoms with van der Waals surface area (Å²) in [7, 11) is 0. The number of aromatic nitrogens is 2. The fourth-order valence-corrected chi connectivity index (χ4v) is 2.27. The lowest BCUT2D eigenvalue weighted by Gasteiger charge is -2.13. The van der Waals surface area contributed by atoms with Crippen LogP contribution in [-0.4, -0.2) is 27.5 Å². The Kier molecular flexibility index (Phi) is 4.64. The number of nitro groups is 1. The molecule has 21 heavy (non-hydrogen) atoms. The number of nitro benzene ring substituents is 1. The molecule has 1 atom stereocenters. The van der Waals surface area contributed by atoms with Crippen LogP contribution in [0.5, 0.6) is 0 Å². The number of aromatic amines is 1. The zero-order chi connectivity index (χ0) is 15.4. The maximum Gasteiger partial charge on any atom is 0.273 e. The Morgan fingerprint density at radius 2 is 2.24 bits per heavy atom. The van der Waals surface area contributed by atoms with Crippen LogP contribution < -0.4 is 10.9 Å². The number of nitrogens with one attached hydrogen (secondary N) is 2. The highest BCUT2D eigenvalue weighted by atomic mass is 16.6. The van der Waals surface area contributed by atoms with Gasteiger partial charge >= 0.3 is 0 Å². The number of H-pyrrole nitrogens is 1. The van der Waals surface area contributed by atoms with E-state index in [1.54, 1.807) is 6.07 Å². The Labute approximate surface area is 121 Å². The number of rotatable bonds is 6. The zero-order valence-electron chi connectivity index (χ0n) is 12.0. The van der Waals surface area contributed by atoms with E-state index in [-0.39, 0.29) is 22.7 Å². The van der Waals surface area contributed by atoms with Gasteiger partial charge < -0.3 is 10.3 Å². The summed E-state index contributed by atoms with van der Waals surface area (Å²) in [6.07, 6.45) is 2.82. The molecule has 0 aliphatic rings. The zero-order valence-corrected chi connectivity index (χ0v) is 12.0. The lowest BCUT2D eigenvalue weighted by Crippen LogP contribution is -2.29. The molecule has 2 aromatic rings. The van der Waals surface area contributed by atoms with Gasteiger partial charge in [0, 0.05) is 17.7 Å². The second kappa shape index (κ2) is 6.45. The molecule has 7 heteroatoms. The van der Waals surface area contributed by atoms with Crippen molar-refractivity contribution < 1.29 is 4.92 Å². The first-order chi connectivity index (χ1) is 10.0. The van der Waals surface area contributed by atoms with Gasteiger partial charge in [-0.1, -0.05) is 6.92 Å². The van der Waals surface area contributed by atoms with Crippen LogP contribution in [0.3, 0.4) is 0 Å². The van der Waals surface area contributed by atoms with Crippen LogP contribution in [0.2, 0.25) is 0 Å². The van der Waals surface area contributed by atoms with Gasteiger partial charge in [-0.25, -0.2) is 4.98 Å². The molecule has 0 spiro atoms. The number of hydrogen-bond donors (Lipinski definition) is 2. The fourth-order valence-electron chi connectivity index (χ4n) is 2.27. The lowest BCUT2D eigenvalue weighted by atomic mass is 10.0. The molecule has 0 radical (unpaired) electrons. The molecule has 1 aromatic heterocycles. The molecule has 0 bridgehead atoms. The molecule has 112 valence electrons. The van der Waals surface area contributed by atoms with Crippen molar-refractivity contribution in [3.63, 3.8) is 0 Å². The standard InChI is InChI=1S/C14H18N4O3/c1-3-4-15-9(2)5-10-6-12-11(7-13(10)18(20)21)14(19)17-8-16-12/h6-9,15H,3-5H2,1-2H3,(H,16,17,19). The maximum atomic E-state index is 11.7. The Morgan fingerprint density at radius 3 is 2.90 bits per heavy atom. The minimum atomic E-state index is -0.451. The van der Waals surface area contributed by atoms with Crippen molar-refractivity contribution in [2.45, 2.75) is 32.7 Å². The first kappa shape index (κ1) is 15.1. The van der Waals surface area contributed by atoms with Gasteiger partial charge in [0.05, 0.1) is 22.2 Å². The highest BCUT2D eigenvalue weighted by molar-refractivity contribution is 5.81. The smallest absolute Gasteiger partial charge is 0.273 e. The summed E-state index contributed by atoms with van der Waals surface area (Å²) in [5.41, 5.74) is 0.654. The normalized spacial score (nSPS) is 12.5. The van der Waals surface area contributed by atoms with Crippen LogP contribution >= 0.6 is 0 Å². The van der Waals surface area contributed by atoms with Crippen molar-refractivity contribution in [2.24, 2.45) is 0 Å². The maximum absolute atomic E-state index is 11.7. The summed E-state index contributed by atoms with van der Waals surface area (Å²) in [6.45, 7) is 4.91. The van der Waals surface area contributed by atoms with Crippen molar-refractivity contribution in [1.29, 1.82) is 0 Å². The van der Waals surface area contributed by atoms with E-state index in [0.29, 0.717) is 17.5 Å². The van der Waals surface area contributed by atoms with Crippen molar-refractivity contribution in [1.82, 2.24) is 15.3 Å². The second-order valence-corrected chi connectivity index (χ2v) is 5.05. The predicted octanol–water partition coefficient (Wildman–Crippen LogP) is 1.76. The minimum Gasteiger partial charge on any atom is -0.314 e. The fraction of sp³-hybridized carbons (Fsp3) is 0.429. The minimum absolute atomic E-state index is 0.0360. The molecule has 2 rings (SSSR count). The molecule has 1 heterocycles. The van der Waals surface area contributed by atoms with Gasteiger partial charge in [0.15, 0.2) is 0 Å². The Morgan fingerprint density at radius 1 is 1.48 bits per heavy atom. The van der Waals surface area contributed by atoms with Crippen molar-refractivity contribution in [3.05, 3.63) is 44.5 Å². The third-order valence-electron chi connectivity index (χ3n) is 3.31. The molecule has 0 fully saturated rings. The second-order valence-electron chi connectivity index (χ2n) is 5.05. The Bertz CT molecular complexity index is 711. The average molecular weight is 290 g/mol. The Balaban J connectivity index is 2.44.